The summed E-state index contributed by atoms with van der Waals surface area (Å²) in [4.78, 5) is 9.99. The topological polar surface area (TPSA) is 73.1 Å². The smallest absolute Gasteiger partial charge is 0.242 e. The first-order valence-electron chi connectivity index (χ1n) is 11.7. The van der Waals surface area contributed by atoms with Gasteiger partial charge in [0.2, 0.25) is 10.0 Å². The van der Waals surface area contributed by atoms with Crippen molar-refractivity contribution in [2.24, 2.45) is 5.73 Å². The molecule has 1 fully saturated rings. The molecule has 0 atom stereocenters. The van der Waals surface area contributed by atoms with Crippen molar-refractivity contribution in [2.45, 2.75) is 27.5 Å². The standard InChI is InChI=1S/C24H35N5O2S2/c1-26(2)33(30,31)20-9-10-24-22(19-20)29(21-7-3-4-8-23(21)32-24)14-6-13-28-17-15-27(16-18-28)12-5-11-25/h3-4,7-10,19H,5-6,11-18,25H2,1-2H3. The molecule has 180 valence electrons. The lowest BCUT2D eigenvalue weighted by Gasteiger charge is -2.36. The highest BCUT2D eigenvalue weighted by Crippen LogP contribution is 2.48. The van der Waals surface area contributed by atoms with Crippen molar-refractivity contribution < 1.29 is 8.42 Å². The molecule has 0 unspecified atom stereocenters. The van der Waals surface area contributed by atoms with E-state index in [9.17, 15) is 8.42 Å². The Morgan fingerprint density at radius 1 is 0.879 bits per heavy atom. The van der Waals surface area contributed by atoms with Gasteiger partial charge in [0.1, 0.15) is 0 Å². The lowest BCUT2D eigenvalue weighted by atomic mass is 10.2. The van der Waals surface area contributed by atoms with Gasteiger partial charge in [-0.05, 0) is 62.8 Å². The summed E-state index contributed by atoms with van der Waals surface area (Å²) in [5.74, 6) is 0. The molecular weight excluding hydrogens is 454 g/mol. The summed E-state index contributed by atoms with van der Waals surface area (Å²) in [6.45, 7) is 8.16. The third-order valence-corrected chi connectivity index (χ3v) is 9.32. The number of sulfonamides is 1. The maximum atomic E-state index is 12.8. The highest BCUT2D eigenvalue weighted by molar-refractivity contribution is 7.99. The molecule has 0 spiro atoms. The van der Waals surface area contributed by atoms with Crippen molar-refractivity contribution in [3.8, 4) is 0 Å². The van der Waals surface area contributed by atoms with Gasteiger partial charge in [0, 0.05) is 56.6 Å². The van der Waals surface area contributed by atoms with Gasteiger partial charge >= 0.3 is 0 Å². The zero-order chi connectivity index (χ0) is 23.4. The first kappa shape index (κ1) is 24.5. The molecule has 2 heterocycles. The summed E-state index contributed by atoms with van der Waals surface area (Å²) in [6.07, 6.45) is 2.09. The highest BCUT2D eigenvalue weighted by atomic mass is 32.2. The summed E-state index contributed by atoms with van der Waals surface area (Å²) in [5, 5.41) is 0. The van der Waals surface area contributed by atoms with Crippen LogP contribution in [0.5, 0.6) is 0 Å². The van der Waals surface area contributed by atoms with Crippen LogP contribution in [0.25, 0.3) is 0 Å². The van der Waals surface area contributed by atoms with Crippen LogP contribution < -0.4 is 10.6 Å². The van der Waals surface area contributed by atoms with Gasteiger partial charge in [0.25, 0.3) is 0 Å². The second-order valence-electron chi connectivity index (χ2n) is 8.82. The van der Waals surface area contributed by atoms with Crippen LogP contribution in [-0.2, 0) is 10.0 Å². The fourth-order valence-electron chi connectivity index (χ4n) is 4.43. The molecule has 2 N–H and O–H groups in total. The van der Waals surface area contributed by atoms with E-state index in [4.69, 9.17) is 5.73 Å². The first-order chi connectivity index (χ1) is 15.9. The second-order valence-corrected chi connectivity index (χ2v) is 12.1. The Kier molecular flexibility index (Phi) is 7.99. The van der Waals surface area contributed by atoms with Gasteiger partial charge in [-0.1, -0.05) is 23.9 Å². The molecule has 7 nitrogen and oxygen atoms in total. The van der Waals surface area contributed by atoms with Gasteiger partial charge in [-0.2, -0.15) is 0 Å². The average Bonchev–Trinajstić information content (AvgIpc) is 2.82. The molecule has 0 bridgehead atoms. The Hall–Kier alpha value is -1.62. The van der Waals surface area contributed by atoms with Crippen LogP contribution in [0.2, 0.25) is 0 Å². The monoisotopic (exact) mass is 489 g/mol. The number of para-hydroxylation sites is 1. The number of hydrogen-bond donors (Lipinski definition) is 1. The van der Waals surface area contributed by atoms with Crippen LogP contribution in [0, 0.1) is 0 Å². The van der Waals surface area contributed by atoms with E-state index in [1.807, 2.05) is 12.1 Å². The van der Waals surface area contributed by atoms with Crippen molar-refractivity contribution in [3.63, 3.8) is 0 Å². The molecule has 2 aromatic carbocycles. The number of anilines is 2. The van der Waals surface area contributed by atoms with E-state index in [0.717, 1.165) is 81.5 Å². The Morgan fingerprint density at radius 3 is 2.18 bits per heavy atom. The molecule has 2 aliphatic rings. The maximum Gasteiger partial charge on any atom is 0.242 e. The Bertz CT molecular complexity index is 1050. The predicted molar refractivity (Wildman–Crippen MR) is 136 cm³/mol. The lowest BCUT2D eigenvalue weighted by molar-refractivity contribution is 0.131. The summed E-state index contributed by atoms with van der Waals surface area (Å²) in [7, 11) is -0.333. The second kappa shape index (κ2) is 10.8. The maximum absolute atomic E-state index is 12.8. The summed E-state index contributed by atoms with van der Waals surface area (Å²) >= 11 is 1.71. The minimum Gasteiger partial charge on any atom is -0.340 e. The number of piperazine rings is 1. The number of fused-ring (bicyclic) bond motifs is 2. The molecule has 0 aliphatic carbocycles. The van der Waals surface area contributed by atoms with Gasteiger partial charge in [0.15, 0.2) is 0 Å². The van der Waals surface area contributed by atoms with Gasteiger partial charge in [-0.15, -0.1) is 0 Å². The third-order valence-electron chi connectivity index (χ3n) is 6.38. The van der Waals surface area contributed by atoms with Gasteiger partial charge in [-0.3, -0.25) is 0 Å². The molecule has 0 saturated carbocycles. The Morgan fingerprint density at radius 2 is 1.52 bits per heavy atom. The molecule has 9 heteroatoms. The van der Waals surface area contributed by atoms with Crippen molar-refractivity contribution >= 4 is 33.2 Å². The minimum absolute atomic E-state index is 0.338. The molecule has 1 saturated heterocycles. The van der Waals surface area contributed by atoms with E-state index in [2.05, 4.69) is 39.0 Å². The normalized spacial score (nSPS) is 17.3. The van der Waals surface area contributed by atoms with E-state index < -0.39 is 10.0 Å². The van der Waals surface area contributed by atoms with Gasteiger partial charge in [-0.25, -0.2) is 12.7 Å². The van der Waals surface area contributed by atoms with E-state index in [1.165, 1.54) is 9.20 Å². The molecule has 0 aromatic heterocycles. The van der Waals surface area contributed by atoms with Crippen LogP contribution in [0.15, 0.2) is 57.2 Å². The molecule has 0 radical (unpaired) electrons. The molecule has 4 rings (SSSR count). The minimum atomic E-state index is -3.48. The first-order valence-corrected chi connectivity index (χ1v) is 13.9. The average molecular weight is 490 g/mol. The zero-order valence-corrected chi connectivity index (χ0v) is 21.2. The summed E-state index contributed by atoms with van der Waals surface area (Å²) < 4.78 is 26.8. The van der Waals surface area contributed by atoms with Crippen LogP contribution in [0.1, 0.15) is 12.8 Å². The predicted octanol–water partition coefficient (Wildman–Crippen LogP) is 2.90. The molecular formula is C24H35N5O2S2. The van der Waals surface area contributed by atoms with E-state index in [-0.39, 0.29) is 0 Å². The SMILES string of the molecule is CN(C)S(=O)(=O)c1ccc2c(c1)N(CCCN1CCN(CCCN)CC1)c1ccccc1S2. The van der Waals surface area contributed by atoms with Crippen molar-refractivity contribution in [3.05, 3.63) is 42.5 Å². The number of rotatable bonds is 9. The van der Waals surface area contributed by atoms with Gasteiger partial charge in [0.05, 0.1) is 16.3 Å². The van der Waals surface area contributed by atoms with Crippen molar-refractivity contribution in [2.75, 3.05) is 71.4 Å². The van der Waals surface area contributed by atoms with Crippen molar-refractivity contribution in [1.29, 1.82) is 0 Å². The molecule has 33 heavy (non-hydrogen) atoms. The van der Waals surface area contributed by atoms with Crippen LogP contribution in [0.4, 0.5) is 11.4 Å². The fraction of sp³-hybridized carbons (Fsp3) is 0.500. The lowest BCUT2D eigenvalue weighted by Crippen LogP contribution is -2.47. The van der Waals surface area contributed by atoms with E-state index in [1.54, 1.807) is 31.9 Å². The Labute approximate surface area is 202 Å². The number of nitrogens with two attached hydrogens (primary N) is 1. The summed E-state index contributed by atoms with van der Waals surface area (Å²) in [6, 6.07) is 13.9. The third kappa shape index (κ3) is 5.55. The number of benzene rings is 2. The van der Waals surface area contributed by atoms with Gasteiger partial charge < -0.3 is 20.4 Å². The fourth-order valence-corrected chi connectivity index (χ4v) is 6.42. The molecule has 2 aromatic rings. The molecule has 0 amide bonds. The zero-order valence-electron chi connectivity index (χ0n) is 19.6. The quantitative estimate of drug-likeness (QED) is 0.581. The highest BCUT2D eigenvalue weighted by Gasteiger charge is 2.26. The van der Waals surface area contributed by atoms with E-state index >= 15 is 0 Å². The summed E-state index contributed by atoms with van der Waals surface area (Å²) in [5.41, 5.74) is 7.78. The Balaban J connectivity index is 1.48. The van der Waals surface area contributed by atoms with Crippen LogP contribution >= 0.6 is 11.8 Å². The largest absolute Gasteiger partial charge is 0.340 e. The number of nitrogens with zero attached hydrogens (tertiary/aromatic N) is 4. The van der Waals surface area contributed by atoms with Crippen LogP contribution in [0.3, 0.4) is 0 Å². The van der Waals surface area contributed by atoms with E-state index in [0.29, 0.717) is 4.90 Å². The van der Waals surface area contributed by atoms with Crippen LogP contribution in [-0.4, -0.2) is 89.0 Å². The molecule has 2 aliphatic heterocycles. The number of hydrogen-bond acceptors (Lipinski definition) is 7. The van der Waals surface area contributed by atoms with Crippen molar-refractivity contribution in [1.82, 2.24) is 14.1 Å².